The van der Waals surface area contributed by atoms with Crippen molar-refractivity contribution in [1.82, 2.24) is 4.90 Å². The lowest BCUT2D eigenvalue weighted by Crippen LogP contribution is -2.42. The van der Waals surface area contributed by atoms with Gasteiger partial charge in [0.05, 0.1) is 19.8 Å². The first kappa shape index (κ1) is 23.7. The number of amides is 2. The largest absolute Gasteiger partial charge is 0.497 e. The van der Waals surface area contributed by atoms with Crippen molar-refractivity contribution in [2.75, 3.05) is 13.7 Å². The van der Waals surface area contributed by atoms with Crippen molar-refractivity contribution in [3.05, 3.63) is 42.5 Å². The van der Waals surface area contributed by atoms with Crippen LogP contribution in [0.3, 0.4) is 0 Å². The van der Waals surface area contributed by atoms with Crippen molar-refractivity contribution >= 4 is 12.0 Å². The predicted octanol–water partition coefficient (Wildman–Crippen LogP) is 5.90. The average Bonchev–Trinajstić information content (AvgIpc) is 2.70. The van der Waals surface area contributed by atoms with Gasteiger partial charge in [-0.2, -0.15) is 0 Å². The Kier molecular flexibility index (Phi) is 11.0. The van der Waals surface area contributed by atoms with Crippen LogP contribution in [-0.4, -0.2) is 30.6 Å². The predicted molar refractivity (Wildman–Crippen MR) is 112 cm³/mol. The Morgan fingerprint density at radius 2 is 1.96 bits per heavy atom. The quantitative estimate of drug-likeness (QED) is 0.330. The average molecular weight is 390 g/mol. The topological polar surface area (TPSA) is 55.8 Å². The van der Waals surface area contributed by atoms with E-state index in [0.717, 1.165) is 37.7 Å². The fourth-order valence-electron chi connectivity index (χ4n) is 3.24. The number of rotatable bonds is 12. The van der Waals surface area contributed by atoms with Crippen LogP contribution in [-0.2, 0) is 9.53 Å². The van der Waals surface area contributed by atoms with Crippen LogP contribution in [0.2, 0.25) is 0 Å². The number of unbranched alkanes of at least 4 members (excludes halogenated alkanes) is 3. The molecule has 1 aromatic carbocycles. The van der Waals surface area contributed by atoms with Gasteiger partial charge in [-0.15, -0.1) is 6.58 Å². The van der Waals surface area contributed by atoms with Gasteiger partial charge in [-0.05, 0) is 44.4 Å². The van der Waals surface area contributed by atoms with Gasteiger partial charge in [-0.25, -0.2) is 9.69 Å². The van der Waals surface area contributed by atoms with E-state index >= 15 is 0 Å². The highest BCUT2D eigenvalue weighted by molar-refractivity contribution is 5.94. The number of hydrogen-bond donors (Lipinski definition) is 0. The molecule has 2 atom stereocenters. The molecule has 0 radical (unpaired) electrons. The molecule has 156 valence electrons. The van der Waals surface area contributed by atoms with Gasteiger partial charge in [-0.3, -0.25) is 4.79 Å². The zero-order valence-electron chi connectivity index (χ0n) is 17.8. The summed E-state index contributed by atoms with van der Waals surface area (Å²) in [5.41, 5.74) is 0.823. The number of imide groups is 1. The molecule has 5 nitrogen and oxygen atoms in total. The molecule has 0 bridgehead atoms. The Balaban J connectivity index is 3.09. The molecule has 0 heterocycles. The van der Waals surface area contributed by atoms with Crippen molar-refractivity contribution in [2.24, 2.45) is 5.92 Å². The van der Waals surface area contributed by atoms with Crippen molar-refractivity contribution in [3.8, 4) is 5.75 Å². The van der Waals surface area contributed by atoms with E-state index in [-0.39, 0.29) is 18.4 Å². The molecule has 0 N–H and O–H groups in total. The van der Waals surface area contributed by atoms with Gasteiger partial charge in [0.2, 0.25) is 5.91 Å². The number of hydrogen-bond acceptors (Lipinski definition) is 4. The van der Waals surface area contributed by atoms with E-state index in [1.165, 1.54) is 4.90 Å². The maximum atomic E-state index is 13.3. The Morgan fingerprint density at radius 3 is 2.57 bits per heavy atom. The normalized spacial score (nSPS) is 12.7. The third-order valence-corrected chi connectivity index (χ3v) is 4.87. The molecule has 1 unspecified atom stereocenters. The van der Waals surface area contributed by atoms with Crippen LogP contribution in [0.5, 0.6) is 5.75 Å². The molecule has 0 saturated carbocycles. The number of benzene rings is 1. The van der Waals surface area contributed by atoms with Crippen LogP contribution in [0.25, 0.3) is 0 Å². The lowest BCUT2D eigenvalue weighted by molar-refractivity contribution is -0.135. The van der Waals surface area contributed by atoms with Crippen molar-refractivity contribution < 1.29 is 19.1 Å². The molecule has 1 rings (SSSR count). The minimum atomic E-state index is -0.606. The number of ether oxygens (including phenoxy) is 2. The minimum Gasteiger partial charge on any atom is -0.497 e. The molecule has 0 fully saturated rings. The number of methoxy groups -OCH3 is 1. The standard InChI is InChI=1S/C23H35NO4/c1-6-9-10-11-14-19(13-7-2)22(25)24(23(26)28-8-3)18(4)20-15-12-16-21(17-20)27-5/h7,12,15-19H,2,6,8-11,13-14H2,1,3-5H3/t18-,19?/m1/s1. The second-order valence-corrected chi connectivity index (χ2v) is 6.93. The first-order chi connectivity index (χ1) is 13.5. The fraction of sp³-hybridized carbons (Fsp3) is 0.565. The highest BCUT2D eigenvalue weighted by atomic mass is 16.6. The number of carbonyl (C=O) groups excluding carboxylic acids is 2. The smallest absolute Gasteiger partial charge is 0.417 e. The second kappa shape index (κ2) is 13.0. The minimum absolute atomic E-state index is 0.204. The summed E-state index contributed by atoms with van der Waals surface area (Å²) >= 11 is 0. The molecular weight excluding hydrogens is 354 g/mol. The first-order valence-corrected chi connectivity index (χ1v) is 10.2. The van der Waals surface area contributed by atoms with E-state index in [4.69, 9.17) is 9.47 Å². The number of carbonyl (C=O) groups is 2. The van der Waals surface area contributed by atoms with Gasteiger partial charge < -0.3 is 9.47 Å². The third kappa shape index (κ3) is 7.02. The molecule has 0 aliphatic heterocycles. The van der Waals surface area contributed by atoms with Crippen LogP contribution in [0, 0.1) is 5.92 Å². The molecule has 0 spiro atoms. The summed E-state index contributed by atoms with van der Waals surface area (Å²) in [6.07, 6.45) is 6.77. The molecule has 28 heavy (non-hydrogen) atoms. The highest BCUT2D eigenvalue weighted by Gasteiger charge is 2.33. The van der Waals surface area contributed by atoms with Gasteiger partial charge in [0.25, 0.3) is 0 Å². The van der Waals surface area contributed by atoms with E-state index in [1.807, 2.05) is 31.2 Å². The van der Waals surface area contributed by atoms with Gasteiger partial charge >= 0.3 is 6.09 Å². The van der Waals surface area contributed by atoms with Crippen LogP contribution in [0.1, 0.15) is 70.9 Å². The summed E-state index contributed by atoms with van der Waals surface area (Å²) in [7, 11) is 1.59. The van der Waals surface area contributed by atoms with Crippen molar-refractivity contribution in [1.29, 1.82) is 0 Å². The fourth-order valence-corrected chi connectivity index (χ4v) is 3.24. The van der Waals surface area contributed by atoms with Gasteiger partial charge in [0.1, 0.15) is 5.75 Å². The van der Waals surface area contributed by atoms with Gasteiger partial charge in [0, 0.05) is 5.92 Å². The summed E-state index contributed by atoms with van der Waals surface area (Å²) in [6.45, 7) is 9.74. The number of nitrogens with zero attached hydrogens (tertiary/aromatic N) is 1. The third-order valence-electron chi connectivity index (χ3n) is 4.87. The molecule has 0 aliphatic rings. The van der Waals surface area contributed by atoms with Crippen molar-refractivity contribution in [2.45, 2.75) is 65.3 Å². The Hall–Kier alpha value is -2.30. The van der Waals surface area contributed by atoms with Crippen LogP contribution in [0.4, 0.5) is 4.79 Å². The molecule has 2 amide bonds. The molecular formula is C23H35NO4. The van der Waals surface area contributed by atoms with E-state index in [9.17, 15) is 9.59 Å². The van der Waals surface area contributed by atoms with E-state index in [1.54, 1.807) is 20.1 Å². The zero-order chi connectivity index (χ0) is 20.9. The van der Waals surface area contributed by atoms with E-state index < -0.39 is 12.1 Å². The first-order valence-electron chi connectivity index (χ1n) is 10.2. The second-order valence-electron chi connectivity index (χ2n) is 6.93. The summed E-state index contributed by atoms with van der Waals surface area (Å²) in [6, 6.07) is 6.96. The zero-order valence-corrected chi connectivity index (χ0v) is 17.8. The highest BCUT2D eigenvalue weighted by Crippen LogP contribution is 2.28. The molecule has 0 aromatic heterocycles. The number of allylic oxidation sites excluding steroid dienone is 1. The Morgan fingerprint density at radius 1 is 1.21 bits per heavy atom. The van der Waals surface area contributed by atoms with Crippen LogP contribution in [0.15, 0.2) is 36.9 Å². The van der Waals surface area contributed by atoms with E-state index in [2.05, 4.69) is 13.5 Å². The SMILES string of the molecule is C=CCC(CCCCCC)C(=O)N(C(=O)OCC)[C@H](C)c1cccc(OC)c1. The lowest BCUT2D eigenvalue weighted by atomic mass is 9.94. The summed E-state index contributed by atoms with van der Waals surface area (Å²) < 4.78 is 10.5. The summed E-state index contributed by atoms with van der Waals surface area (Å²) in [4.78, 5) is 27.2. The maximum absolute atomic E-state index is 13.3. The van der Waals surface area contributed by atoms with Gasteiger partial charge in [-0.1, -0.05) is 50.8 Å². The maximum Gasteiger partial charge on any atom is 0.417 e. The molecule has 0 aliphatic carbocycles. The van der Waals surface area contributed by atoms with Gasteiger partial charge in [0.15, 0.2) is 0 Å². The van der Waals surface area contributed by atoms with E-state index in [0.29, 0.717) is 12.2 Å². The Labute approximate surface area is 169 Å². The molecule has 5 heteroatoms. The molecule has 1 aromatic rings. The van der Waals surface area contributed by atoms with Crippen LogP contribution < -0.4 is 4.74 Å². The summed E-state index contributed by atoms with van der Waals surface area (Å²) in [5, 5.41) is 0. The summed E-state index contributed by atoms with van der Waals surface area (Å²) in [5.74, 6) is 0.208. The Bertz CT molecular complexity index is 629. The van der Waals surface area contributed by atoms with Crippen LogP contribution >= 0.6 is 0 Å². The monoisotopic (exact) mass is 389 g/mol. The lowest BCUT2D eigenvalue weighted by Gasteiger charge is -2.30. The molecule has 0 saturated heterocycles. The van der Waals surface area contributed by atoms with Crippen molar-refractivity contribution in [3.63, 3.8) is 0 Å².